The number of carbonyl (C=O) groups is 2. The second kappa shape index (κ2) is 8.61. The molecule has 5 rings (SSSR count). The minimum absolute atomic E-state index is 0.0903. The molecule has 2 saturated heterocycles. The highest BCUT2D eigenvalue weighted by molar-refractivity contribution is 5.82. The first-order chi connectivity index (χ1) is 15.6. The maximum absolute atomic E-state index is 13.7. The molecule has 2 amide bonds. The molecule has 2 fully saturated rings. The van der Waals surface area contributed by atoms with Crippen LogP contribution in [0.1, 0.15) is 66.8 Å². The van der Waals surface area contributed by atoms with Gasteiger partial charge in [0.2, 0.25) is 11.8 Å². The number of amides is 2. The topological polar surface area (TPSA) is 58.6 Å². The summed E-state index contributed by atoms with van der Waals surface area (Å²) < 4.78 is 5.34. The van der Waals surface area contributed by atoms with Crippen LogP contribution in [-0.2, 0) is 28.9 Å². The standard InChI is InChI=1S/C27H32N2O3/c1-32-23-11-9-21(10-12-23)26-27(15-13-24(30)28-27)14-4-16-29(26)25(31)18-19-7-8-20-5-2-3-6-22(20)17-19/h7-12,17,26H,2-6,13-16,18H2,1H3,(H,28,30)/t26-,27+/m1/s1. The Bertz CT molecular complexity index is 1020. The Morgan fingerprint density at radius 1 is 1.03 bits per heavy atom. The predicted molar refractivity (Wildman–Crippen MR) is 124 cm³/mol. The Hall–Kier alpha value is -2.82. The van der Waals surface area contributed by atoms with Crippen molar-refractivity contribution in [2.24, 2.45) is 0 Å². The van der Waals surface area contributed by atoms with Gasteiger partial charge in [0, 0.05) is 13.0 Å². The summed E-state index contributed by atoms with van der Waals surface area (Å²) in [5.74, 6) is 1.02. The van der Waals surface area contributed by atoms with E-state index >= 15 is 0 Å². The van der Waals surface area contributed by atoms with E-state index in [9.17, 15) is 9.59 Å². The Morgan fingerprint density at radius 2 is 1.81 bits per heavy atom. The van der Waals surface area contributed by atoms with E-state index in [2.05, 4.69) is 23.5 Å². The third kappa shape index (κ3) is 3.89. The molecule has 3 aliphatic rings. The molecular formula is C27H32N2O3. The lowest BCUT2D eigenvalue weighted by atomic mass is 9.76. The van der Waals surface area contributed by atoms with Gasteiger partial charge in [-0.05, 0) is 79.3 Å². The molecule has 0 unspecified atom stereocenters. The van der Waals surface area contributed by atoms with Crippen LogP contribution >= 0.6 is 0 Å². The summed E-state index contributed by atoms with van der Waals surface area (Å²) in [5.41, 5.74) is 4.63. The second-order valence-corrected chi connectivity index (χ2v) is 9.56. The van der Waals surface area contributed by atoms with E-state index in [-0.39, 0.29) is 23.4 Å². The molecule has 1 spiro atoms. The summed E-state index contributed by atoms with van der Waals surface area (Å²) in [6, 6.07) is 14.4. The third-order valence-corrected chi connectivity index (χ3v) is 7.56. The molecule has 2 aliphatic heterocycles. The first-order valence-corrected chi connectivity index (χ1v) is 11.9. The van der Waals surface area contributed by atoms with E-state index in [1.54, 1.807) is 7.11 Å². The van der Waals surface area contributed by atoms with Crippen molar-refractivity contribution in [3.8, 4) is 5.75 Å². The lowest BCUT2D eigenvalue weighted by Crippen LogP contribution is -2.58. The van der Waals surface area contributed by atoms with Crippen molar-refractivity contribution in [3.05, 3.63) is 64.7 Å². The zero-order valence-electron chi connectivity index (χ0n) is 18.9. The molecule has 1 N–H and O–H groups in total. The van der Waals surface area contributed by atoms with Crippen LogP contribution in [0.25, 0.3) is 0 Å². The van der Waals surface area contributed by atoms with E-state index in [0.717, 1.165) is 55.5 Å². The zero-order chi connectivity index (χ0) is 22.1. The lowest BCUT2D eigenvalue weighted by molar-refractivity contribution is -0.138. The Kier molecular flexibility index (Phi) is 5.66. The molecule has 0 radical (unpaired) electrons. The summed E-state index contributed by atoms with van der Waals surface area (Å²) in [6.07, 6.45) is 8.27. The average Bonchev–Trinajstić information content (AvgIpc) is 3.19. The van der Waals surface area contributed by atoms with Crippen LogP contribution in [0.2, 0.25) is 0 Å². The quantitative estimate of drug-likeness (QED) is 0.790. The van der Waals surface area contributed by atoms with E-state index in [1.165, 1.54) is 24.0 Å². The number of likely N-dealkylation sites (tertiary alicyclic amines) is 1. The maximum Gasteiger partial charge on any atom is 0.227 e. The highest BCUT2D eigenvalue weighted by Gasteiger charge is 2.50. The van der Waals surface area contributed by atoms with Gasteiger partial charge >= 0.3 is 0 Å². The fraction of sp³-hybridized carbons (Fsp3) is 0.481. The van der Waals surface area contributed by atoms with E-state index in [0.29, 0.717) is 12.8 Å². The molecule has 2 aromatic carbocycles. The smallest absolute Gasteiger partial charge is 0.227 e. The molecule has 5 heteroatoms. The first kappa shape index (κ1) is 21.0. The monoisotopic (exact) mass is 432 g/mol. The maximum atomic E-state index is 13.7. The number of nitrogens with zero attached hydrogens (tertiary/aromatic N) is 1. The number of fused-ring (bicyclic) bond motifs is 1. The number of ether oxygens (including phenoxy) is 1. The van der Waals surface area contributed by atoms with E-state index in [1.807, 2.05) is 29.2 Å². The van der Waals surface area contributed by atoms with Crippen molar-refractivity contribution in [1.82, 2.24) is 10.2 Å². The number of piperidine rings is 1. The number of rotatable bonds is 4. The van der Waals surface area contributed by atoms with Gasteiger partial charge in [-0.2, -0.15) is 0 Å². The molecule has 1 aliphatic carbocycles. The van der Waals surface area contributed by atoms with Crippen LogP contribution in [0.5, 0.6) is 5.75 Å². The van der Waals surface area contributed by atoms with Crippen molar-refractivity contribution >= 4 is 11.8 Å². The van der Waals surface area contributed by atoms with Gasteiger partial charge in [-0.3, -0.25) is 9.59 Å². The molecule has 0 saturated carbocycles. The average molecular weight is 433 g/mol. The summed E-state index contributed by atoms with van der Waals surface area (Å²) in [5, 5.41) is 3.27. The third-order valence-electron chi connectivity index (χ3n) is 7.56. The van der Waals surface area contributed by atoms with Gasteiger partial charge in [0.05, 0.1) is 25.1 Å². The Balaban J connectivity index is 1.44. The van der Waals surface area contributed by atoms with Gasteiger partial charge in [0.25, 0.3) is 0 Å². The summed E-state index contributed by atoms with van der Waals surface area (Å²) in [6.45, 7) is 0.720. The molecule has 0 bridgehead atoms. The fourth-order valence-corrected chi connectivity index (χ4v) is 5.99. The lowest BCUT2D eigenvalue weighted by Gasteiger charge is -2.48. The van der Waals surface area contributed by atoms with Gasteiger partial charge in [-0.15, -0.1) is 0 Å². The van der Waals surface area contributed by atoms with Crippen LogP contribution in [0.3, 0.4) is 0 Å². The molecule has 2 aromatic rings. The van der Waals surface area contributed by atoms with Gasteiger partial charge in [-0.1, -0.05) is 30.3 Å². The largest absolute Gasteiger partial charge is 0.497 e. The van der Waals surface area contributed by atoms with Crippen LogP contribution < -0.4 is 10.1 Å². The molecule has 168 valence electrons. The number of hydrogen-bond acceptors (Lipinski definition) is 3. The van der Waals surface area contributed by atoms with Gasteiger partial charge < -0.3 is 15.0 Å². The highest BCUT2D eigenvalue weighted by Crippen LogP contribution is 2.45. The second-order valence-electron chi connectivity index (χ2n) is 9.56. The van der Waals surface area contributed by atoms with Gasteiger partial charge in [0.15, 0.2) is 0 Å². The van der Waals surface area contributed by atoms with Crippen LogP contribution in [0, 0.1) is 0 Å². The zero-order valence-corrected chi connectivity index (χ0v) is 18.9. The van der Waals surface area contributed by atoms with Gasteiger partial charge in [-0.25, -0.2) is 0 Å². The molecule has 0 aromatic heterocycles. The number of carbonyl (C=O) groups excluding carboxylic acids is 2. The molecule has 5 nitrogen and oxygen atoms in total. The highest BCUT2D eigenvalue weighted by atomic mass is 16.5. The van der Waals surface area contributed by atoms with E-state index in [4.69, 9.17) is 4.74 Å². The van der Waals surface area contributed by atoms with Crippen molar-refractivity contribution in [2.75, 3.05) is 13.7 Å². The normalized spacial score (nSPS) is 24.8. The van der Waals surface area contributed by atoms with Crippen molar-refractivity contribution in [2.45, 2.75) is 69.4 Å². The summed E-state index contributed by atoms with van der Waals surface area (Å²) in [4.78, 5) is 27.9. The van der Waals surface area contributed by atoms with E-state index < -0.39 is 0 Å². The number of nitrogens with one attached hydrogen (secondary N) is 1. The first-order valence-electron chi connectivity index (χ1n) is 11.9. The Labute approximate surface area is 190 Å². The number of benzene rings is 2. The Morgan fingerprint density at radius 3 is 2.53 bits per heavy atom. The summed E-state index contributed by atoms with van der Waals surface area (Å²) >= 11 is 0. The SMILES string of the molecule is COc1ccc([C@H]2N(C(=O)Cc3ccc4c(c3)CCCC4)CCC[C@]23CCC(=O)N3)cc1. The molecular weight excluding hydrogens is 400 g/mol. The predicted octanol–water partition coefficient (Wildman–Crippen LogP) is 4.13. The van der Waals surface area contributed by atoms with Crippen LogP contribution in [-0.4, -0.2) is 35.9 Å². The summed E-state index contributed by atoms with van der Waals surface area (Å²) in [7, 11) is 1.66. The molecule has 2 heterocycles. The fourth-order valence-electron chi connectivity index (χ4n) is 5.99. The van der Waals surface area contributed by atoms with Crippen LogP contribution in [0.4, 0.5) is 0 Å². The minimum Gasteiger partial charge on any atom is -0.497 e. The molecule has 32 heavy (non-hydrogen) atoms. The number of methoxy groups -OCH3 is 1. The van der Waals surface area contributed by atoms with Crippen molar-refractivity contribution < 1.29 is 14.3 Å². The van der Waals surface area contributed by atoms with Crippen LogP contribution in [0.15, 0.2) is 42.5 Å². The minimum atomic E-state index is -0.380. The van der Waals surface area contributed by atoms with Gasteiger partial charge in [0.1, 0.15) is 5.75 Å². The number of hydrogen-bond donors (Lipinski definition) is 1. The molecule has 2 atom stereocenters. The number of aryl methyl sites for hydroxylation is 2. The van der Waals surface area contributed by atoms with Crippen molar-refractivity contribution in [1.29, 1.82) is 0 Å². The van der Waals surface area contributed by atoms with Crippen molar-refractivity contribution in [3.63, 3.8) is 0 Å².